The summed E-state index contributed by atoms with van der Waals surface area (Å²) in [5.74, 6) is -9.39. The maximum atomic E-state index is 13.3. The summed E-state index contributed by atoms with van der Waals surface area (Å²) in [6.45, 7) is -0.733. The molecule has 0 bridgehead atoms. The fourth-order valence-electron chi connectivity index (χ4n) is 1.36. The highest BCUT2D eigenvalue weighted by molar-refractivity contribution is 7.88. The lowest BCUT2D eigenvalue weighted by Gasteiger charge is -2.16. The van der Waals surface area contributed by atoms with Gasteiger partial charge in [0, 0.05) is 18.7 Å². The molecule has 1 amide bonds. The number of primary amides is 1. The van der Waals surface area contributed by atoms with Crippen LogP contribution in [0.2, 0.25) is 0 Å². The number of carbonyl (C=O) groups is 1. The molecule has 10 heteroatoms. The highest BCUT2D eigenvalue weighted by atomic mass is 32.2. The number of benzene rings is 1. The van der Waals surface area contributed by atoms with Crippen LogP contribution in [0.4, 0.5) is 17.6 Å². The second-order valence-electron chi connectivity index (χ2n) is 3.93. The molecule has 112 valence electrons. The Balaban J connectivity index is 3.19. The van der Waals surface area contributed by atoms with Crippen LogP contribution in [0.1, 0.15) is 5.56 Å². The minimum atomic E-state index is -4.37. The zero-order chi connectivity index (χ0) is 15.7. The van der Waals surface area contributed by atoms with Crippen LogP contribution < -0.4 is 5.73 Å². The summed E-state index contributed by atoms with van der Waals surface area (Å²) in [5, 5.41) is 0. The highest BCUT2D eigenvalue weighted by Crippen LogP contribution is 2.22. The number of sulfonamides is 1. The quantitative estimate of drug-likeness (QED) is 0.634. The van der Waals surface area contributed by atoms with Crippen molar-refractivity contribution in [3.05, 3.63) is 34.9 Å². The molecule has 0 fully saturated rings. The molecule has 0 spiro atoms. The van der Waals surface area contributed by atoms with Crippen LogP contribution in [0.25, 0.3) is 0 Å². The van der Waals surface area contributed by atoms with Gasteiger partial charge in [-0.3, -0.25) is 4.79 Å². The lowest BCUT2D eigenvalue weighted by Crippen LogP contribution is -2.36. The molecule has 0 aliphatic rings. The maximum absolute atomic E-state index is 13.3. The predicted molar refractivity (Wildman–Crippen MR) is 60.7 cm³/mol. The molecule has 0 aliphatic carbocycles. The second-order valence-corrected chi connectivity index (χ2v) is 6.00. The van der Waals surface area contributed by atoms with Crippen molar-refractivity contribution >= 4 is 15.9 Å². The molecule has 1 aromatic carbocycles. The van der Waals surface area contributed by atoms with E-state index in [1.165, 1.54) is 0 Å². The van der Waals surface area contributed by atoms with Gasteiger partial charge in [0.25, 0.3) is 0 Å². The molecular weight excluding hydrogens is 304 g/mol. The molecule has 0 aliphatic heterocycles. The Morgan fingerprint density at radius 1 is 1.20 bits per heavy atom. The molecule has 0 aromatic heterocycles. The maximum Gasteiger partial charge on any atom is 0.232 e. The van der Waals surface area contributed by atoms with Crippen LogP contribution in [0.5, 0.6) is 0 Å². The third-order valence-corrected chi connectivity index (χ3v) is 4.12. The van der Waals surface area contributed by atoms with Crippen molar-refractivity contribution in [2.75, 3.05) is 13.6 Å². The third kappa shape index (κ3) is 3.45. The van der Waals surface area contributed by atoms with Crippen LogP contribution in [-0.2, 0) is 20.6 Å². The first-order chi connectivity index (χ1) is 9.06. The molecule has 0 saturated heterocycles. The summed E-state index contributed by atoms with van der Waals surface area (Å²) in [6.07, 6.45) is 0. The van der Waals surface area contributed by atoms with Crippen molar-refractivity contribution in [3.8, 4) is 0 Å². The average molecular weight is 314 g/mol. The summed E-state index contributed by atoms with van der Waals surface area (Å²) < 4.78 is 76.4. The molecule has 0 atom stereocenters. The van der Waals surface area contributed by atoms with Gasteiger partial charge in [-0.25, -0.2) is 26.0 Å². The van der Waals surface area contributed by atoms with Gasteiger partial charge in [0.05, 0.1) is 12.3 Å². The zero-order valence-corrected chi connectivity index (χ0v) is 11.0. The van der Waals surface area contributed by atoms with Crippen molar-refractivity contribution in [2.45, 2.75) is 5.75 Å². The number of nitrogens with zero attached hydrogens (tertiary/aromatic N) is 1. The number of nitrogens with two attached hydrogens (primary N) is 1. The molecule has 1 rings (SSSR count). The van der Waals surface area contributed by atoms with E-state index >= 15 is 0 Å². The SMILES string of the molecule is CN(CC(N)=O)S(=O)(=O)Cc1c(F)c(F)cc(F)c1F. The molecule has 0 unspecified atom stereocenters. The van der Waals surface area contributed by atoms with Gasteiger partial charge < -0.3 is 5.73 Å². The minimum absolute atomic E-state index is 0.0338. The molecule has 0 heterocycles. The number of likely N-dealkylation sites (N-methyl/N-ethyl adjacent to an activating group) is 1. The normalized spacial score (nSPS) is 11.9. The van der Waals surface area contributed by atoms with E-state index in [1.807, 2.05) is 0 Å². The molecule has 0 radical (unpaired) electrons. The summed E-state index contributed by atoms with van der Waals surface area (Å²) in [6, 6.07) is -0.0338. The predicted octanol–water partition coefficient (Wildman–Crippen LogP) is 0.490. The van der Waals surface area contributed by atoms with Crippen molar-refractivity contribution in [3.63, 3.8) is 0 Å². The van der Waals surface area contributed by atoms with Gasteiger partial charge in [0.15, 0.2) is 23.3 Å². The fraction of sp³-hybridized carbons (Fsp3) is 0.300. The number of amides is 1. The first-order valence-corrected chi connectivity index (χ1v) is 6.71. The van der Waals surface area contributed by atoms with Crippen molar-refractivity contribution in [2.24, 2.45) is 5.73 Å². The van der Waals surface area contributed by atoms with Crippen LogP contribution in [-0.4, -0.2) is 32.2 Å². The van der Waals surface area contributed by atoms with Crippen LogP contribution >= 0.6 is 0 Å². The second kappa shape index (κ2) is 5.75. The van der Waals surface area contributed by atoms with E-state index in [-0.39, 0.29) is 6.07 Å². The Kier molecular flexibility index (Phi) is 4.71. The largest absolute Gasteiger partial charge is 0.369 e. The molecule has 5 nitrogen and oxygen atoms in total. The van der Waals surface area contributed by atoms with E-state index in [9.17, 15) is 30.8 Å². The first-order valence-electron chi connectivity index (χ1n) is 5.10. The van der Waals surface area contributed by atoms with Gasteiger partial charge >= 0.3 is 0 Å². The number of carbonyl (C=O) groups excluding carboxylic acids is 1. The van der Waals surface area contributed by atoms with Gasteiger partial charge in [0.2, 0.25) is 15.9 Å². The molecular formula is C10H10F4N2O3S. The monoisotopic (exact) mass is 314 g/mol. The summed E-state index contributed by atoms with van der Waals surface area (Å²) >= 11 is 0. The van der Waals surface area contributed by atoms with E-state index in [0.717, 1.165) is 7.05 Å². The molecule has 20 heavy (non-hydrogen) atoms. The number of halogens is 4. The summed E-state index contributed by atoms with van der Waals surface area (Å²) in [5.41, 5.74) is 3.50. The summed E-state index contributed by atoms with van der Waals surface area (Å²) in [7, 11) is -3.43. The number of rotatable bonds is 5. The van der Waals surface area contributed by atoms with Gasteiger partial charge in [-0.1, -0.05) is 0 Å². The van der Waals surface area contributed by atoms with Gasteiger partial charge in [-0.2, -0.15) is 4.31 Å². The van der Waals surface area contributed by atoms with Crippen LogP contribution in [0, 0.1) is 23.3 Å². The van der Waals surface area contributed by atoms with E-state index < -0.39 is 57.1 Å². The van der Waals surface area contributed by atoms with E-state index in [0.29, 0.717) is 4.31 Å². The van der Waals surface area contributed by atoms with Crippen molar-refractivity contribution in [1.29, 1.82) is 0 Å². The molecule has 0 saturated carbocycles. The molecule has 1 aromatic rings. The summed E-state index contributed by atoms with van der Waals surface area (Å²) in [4.78, 5) is 10.6. The Morgan fingerprint density at radius 3 is 2.05 bits per heavy atom. The van der Waals surface area contributed by atoms with Crippen LogP contribution in [0.15, 0.2) is 6.07 Å². The Bertz CT molecular complexity index is 622. The Hall–Kier alpha value is -1.68. The van der Waals surface area contributed by atoms with E-state index in [1.54, 1.807) is 0 Å². The standard InChI is InChI=1S/C10H10F4N2O3S/c1-16(3-8(15)17)20(18,19)4-5-9(13)6(11)2-7(12)10(5)14/h2H,3-4H2,1H3,(H2,15,17). The Morgan fingerprint density at radius 2 is 1.65 bits per heavy atom. The number of hydrogen-bond acceptors (Lipinski definition) is 3. The average Bonchev–Trinajstić information content (AvgIpc) is 2.31. The lowest BCUT2D eigenvalue weighted by molar-refractivity contribution is -0.118. The lowest BCUT2D eigenvalue weighted by atomic mass is 10.2. The zero-order valence-electron chi connectivity index (χ0n) is 10.2. The van der Waals surface area contributed by atoms with Gasteiger partial charge in [0.1, 0.15) is 0 Å². The third-order valence-electron chi connectivity index (χ3n) is 2.38. The smallest absolute Gasteiger partial charge is 0.232 e. The molecule has 2 N–H and O–H groups in total. The van der Waals surface area contributed by atoms with Gasteiger partial charge in [-0.15, -0.1) is 0 Å². The first kappa shape index (κ1) is 16.4. The topological polar surface area (TPSA) is 80.5 Å². The van der Waals surface area contributed by atoms with E-state index in [2.05, 4.69) is 0 Å². The van der Waals surface area contributed by atoms with Crippen LogP contribution in [0.3, 0.4) is 0 Å². The number of hydrogen-bond donors (Lipinski definition) is 1. The van der Waals surface area contributed by atoms with E-state index in [4.69, 9.17) is 5.73 Å². The Labute approximate surface area is 112 Å². The van der Waals surface area contributed by atoms with Crippen molar-refractivity contribution < 1.29 is 30.8 Å². The van der Waals surface area contributed by atoms with Crippen molar-refractivity contribution in [1.82, 2.24) is 4.31 Å². The van der Waals surface area contributed by atoms with Gasteiger partial charge in [-0.05, 0) is 0 Å². The fourth-order valence-corrected chi connectivity index (χ4v) is 2.52. The minimum Gasteiger partial charge on any atom is -0.369 e. The highest BCUT2D eigenvalue weighted by Gasteiger charge is 2.27.